The van der Waals surface area contributed by atoms with Crippen molar-refractivity contribution in [3.8, 4) is 0 Å². The monoisotopic (exact) mass is 194 g/mol. The Hall–Kier alpha value is -1.40. The Labute approximate surface area is 79.9 Å². The van der Waals surface area contributed by atoms with Gasteiger partial charge < -0.3 is 5.11 Å². The van der Waals surface area contributed by atoms with Crippen LogP contribution in [0.3, 0.4) is 0 Å². The first kappa shape index (κ1) is 7.95. The number of aliphatic carboxylic acids is 1. The van der Waals surface area contributed by atoms with E-state index in [1.807, 2.05) is 4.90 Å². The summed E-state index contributed by atoms with van der Waals surface area (Å²) in [6, 6.07) is -0.335. The van der Waals surface area contributed by atoms with Crippen molar-refractivity contribution in [3.63, 3.8) is 0 Å². The minimum absolute atomic E-state index is 0.236. The topological polar surface area (TPSA) is 81.2 Å². The van der Waals surface area contributed by atoms with Gasteiger partial charge in [-0.1, -0.05) is 0 Å². The smallest absolute Gasteiger partial charge is 0.327 e. The van der Waals surface area contributed by atoms with Gasteiger partial charge in [0.15, 0.2) is 6.04 Å². The molecule has 3 rings (SSSR count). The number of carboxylic acid groups (broad SMARTS) is 1. The van der Waals surface area contributed by atoms with Crippen molar-refractivity contribution in [2.75, 3.05) is 13.2 Å². The van der Waals surface area contributed by atoms with Gasteiger partial charge in [-0.3, -0.25) is 20.1 Å². The van der Waals surface area contributed by atoms with E-state index in [2.05, 4.69) is 15.5 Å². The molecule has 3 unspecified atom stereocenters. The number of carboxylic acids is 1. The highest BCUT2D eigenvalue weighted by molar-refractivity contribution is 5.76. The van der Waals surface area contributed by atoms with Gasteiger partial charge in [0, 0.05) is 24.8 Å². The molecule has 1 saturated heterocycles. The second-order valence-corrected chi connectivity index (χ2v) is 3.67. The van der Waals surface area contributed by atoms with Crippen LogP contribution in [0.4, 0.5) is 0 Å². The van der Waals surface area contributed by atoms with Crippen LogP contribution in [0.15, 0.2) is 6.20 Å². The third-order valence-electron chi connectivity index (χ3n) is 2.91. The summed E-state index contributed by atoms with van der Waals surface area (Å²) >= 11 is 0. The molecule has 6 heteroatoms. The highest BCUT2D eigenvalue weighted by Gasteiger charge is 2.42. The quantitative estimate of drug-likeness (QED) is 0.559. The van der Waals surface area contributed by atoms with E-state index in [-0.39, 0.29) is 6.04 Å². The van der Waals surface area contributed by atoms with Crippen molar-refractivity contribution in [1.82, 2.24) is 20.4 Å². The van der Waals surface area contributed by atoms with Gasteiger partial charge in [-0.2, -0.15) is 5.10 Å². The molecule has 0 saturated carbocycles. The summed E-state index contributed by atoms with van der Waals surface area (Å²) in [4.78, 5) is 13.0. The van der Waals surface area contributed by atoms with Gasteiger partial charge in [-0.15, -0.1) is 0 Å². The van der Waals surface area contributed by atoms with Gasteiger partial charge in [0.1, 0.15) is 0 Å². The van der Waals surface area contributed by atoms with E-state index in [1.54, 1.807) is 6.20 Å². The minimum atomic E-state index is -0.822. The van der Waals surface area contributed by atoms with Crippen LogP contribution in [0.5, 0.6) is 0 Å². The number of nitrogens with one attached hydrogen (secondary N) is 2. The summed E-state index contributed by atoms with van der Waals surface area (Å²) in [5.41, 5.74) is 1.71. The average Bonchev–Trinajstić information content (AvgIpc) is 2.73. The maximum atomic E-state index is 11.1. The molecule has 2 bridgehead atoms. The maximum Gasteiger partial charge on any atom is 0.327 e. The standard InChI is InChI=1S/C8H10N4O2/c13-8(14)7-6-4(1-10-11-6)5-2-12(7)3-9-5/h1,5,7,9H,2-3H2,(H,10,11)(H,13,14). The summed E-state index contributed by atoms with van der Waals surface area (Å²) in [6.45, 7) is 1.38. The first-order valence-electron chi connectivity index (χ1n) is 4.51. The molecular formula is C8H10N4O2. The van der Waals surface area contributed by atoms with Crippen LogP contribution in [0.2, 0.25) is 0 Å². The van der Waals surface area contributed by atoms with Crippen molar-refractivity contribution in [2.45, 2.75) is 12.1 Å². The zero-order valence-electron chi connectivity index (χ0n) is 7.40. The van der Waals surface area contributed by atoms with Gasteiger partial charge >= 0.3 is 5.97 Å². The summed E-state index contributed by atoms with van der Waals surface area (Å²) in [7, 11) is 0. The zero-order valence-corrected chi connectivity index (χ0v) is 7.40. The fourth-order valence-electron chi connectivity index (χ4n) is 2.26. The van der Waals surface area contributed by atoms with Crippen LogP contribution in [0, 0.1) is 0 Å². The van der Waals surface area contributed by atoms with Crippen LogP contribution < -0.4 is 5.32 Å². The molecule has 2 aliphatic rings. The predicted octanol–water partition coefficient (Wildman–Crippen LogP) is -0.547. The zero-order chi connectivity index (χ0) is 9.71. The third-order valence-corrected chi connectivity index (χ3v) is 2.91. The van der Waals surface area contributed by atoms with Gasteiger partial charge in [-0.25, -0.2) is 0 Å². The highest BCUT2D eigenvalue weighted by Crippen LogP contribution is 2.36. The Kier molecular flexibility index (Phi) is 1.45. The summed E-state index contributed by atoms with van der Waals surface area (Å²) in [5.74, 6) is -0.822. The molecule has 2 aliphatic heterocycles. The Morgan fingerprint density at radius 3 is 3.36 bits per heavy atom. The SMILES string of the molecule is O=C(O)C1c2[nH]ncc2C2CN1CN2. The molecule has 0 aliphatic carbocycles. The lowest BCUT2D eigenvalue weighted by atomic mass is 9.99. The summed E-state index contributed by atoms with van der Waals surface area (Å²) in [5, 5.41) is 19.0. The Morgan fingerprint density at radius 2 is 2.57 bits per heavy atom. The van der Waals surface area contributed by atoms with Gasteiger partial charge in [0.05, 0.1) is 11.9 Å². The van der Waals surface area contributed by atoms with E-state index in [0.717, 1.165) is 17.8 Å². The van der Waals surface area contributed by atoms with Crippen molar-refractivity contribution in [2.24, 2.45) is 0 Å². The molecule has 0 aromatic carbocycles. The number of fused-ring (bicyclic) bond motifs is 4. The molecule has 6 nitrogen and oxygen atoms in total. The molecule has 14 heavy (non-hydrogen) atoms. The Morgan fingerprint density at radius 1 is 1.71 bits per heavy atom. The number of aromatic nitrogens is 2. The molecule has 74 valence electrons. The Balaban J connectivity index is 2.13. The first-order valence-corrected chi connectivity index (χ1v) is 4.51. The molecule has 1 aromatic rings. The van der Waals surface area contributed by atoms with Gasteiger partial charge in [0.25, 0.3) is 0 Å². The van der Waals surface area contributed by atoms with E-state index < -0.39 is 12.0 Å². The fourth-order valence-corrected chi connectivity index (χ4v) is 2.26. The van der Waals surface area contributed by atoms with Crippen molar-refractivity contribution < 1.29 is 9.90 Å². The largest absolute Gasteiger partial charge is 0.480 e. The van der Waals surface area contributed by atoms with Crippen LogP contribution in [0.1, 0.15) is 23.3 Å². The van der Waals surface area contributed by atoms with E-state index in [4.69, 9.17) is 5.11 Å². The number of aromatic amines is 1. The lowest BCUT2D eigenvalue weighted by Crippen LogP contribution is -2.35. The van der Waals surface area contributed by atoms with Gasteiger partial charge in [0.2, 0.25) is 0 Å². The summed E-state index contributed by atoms with van der Waals surface area (Å²) < 4.78 is 0. The molecular weight excluding hydrogens is 184 g/mol. The molecule has 0 spiro atoms. The van der Waals surface area contributed by atoms with Crippen LogP contribution >= 0.6 is 0 Å². The minimum Gasteiger partial charge on any atom is -0.480 e. The lowest BCUT2D eigenvalue weighted by molar-refractivity contribution is -0.143. The number of carbonyl (C=O) groups is 1. The summed E-state index contributed by atoms with van der Waals surface area (Å²) in [6.07, 6.45) is 1.71. The van der Waals surface area contributed by atoms with Crippen molar-refractivity contribution >= 4 is 5.97 Å². The highest BCUT2D eigenvalue weighted by atomic mass is 16.4. The van der Waals surface area contributed by atoms with Crippen molar-refractivity contribution in [1.29, 1.82) is 0 Å². The van der Waals surface area contributed by atoms with Crippen LogP contribution in [-0.4, -0.2) is 39.4 Å². The first-order chi connectivity index (χ1) is 6.77. The van der Waals surface area contributed by atoms with Crippen LogP contribution in [-0.2, 0) is 4.79 Å². The molecule has 3 N–H and O–H groups in total. The average molecular weight is 194 g/mol. The number of nitrogens with zero attached hydrogens (tertiary/aromatic N) is 2. The number of hydrogen-bond donors (Lipinski definition) is 3. The number of H-pyrrole nitrogens is 1. The second kappa shape index (κ2) is 2.55. The normalized spacial score (nSPS) is 34.1. The fraction of sp³-hybridized carbons (Fsp3) is 0.500. The second-order valence-electron chi connectivity index (χ2n) is 3.67. The van der Waals surface area contributed by atoms with Crippen molar-refractivity contribution in [3.05, 3.63) is 17.5 Å². The van der Waals surface area contributed by atoms with E-state index >= 15 is 0 Å². The molecule has 0 radical (unpaired) electrons. The number of hydrogen-bond acceptors (Lipinski definition) is 4. The van der Waals surface area contributed by atoms with E-state index in [1.165, 1.54) is 0 Å². The van der Waals surface area contributed by atoms with Gasteiger partial charge in [-0.05, 0) is 0 Å². The molecule has 0 amide bonds. The predicted molar refractivity (Wildman–Crippen MR) is 46.4 cm³/mol. The van der Waals surface area contributed by atoms with E-state index in [0.29, 0.717) is 6.67 Å². The third kappa shape index (κ3) is 0.865. The Bertz CT molecular complexity index is 388. The molecule has 3 heterocycles. The lowest BCUT2D eigenvalue weighted by Gasteiger charge is -2.27. The molecule has 1 fully saturated rings. The number of rotatable bonds is 1. The molecule has 1 aromatic heterocycles. The van der Waals surface area contributed by atoms with Crippen LogP contribution in [0.25, 0.3) is 0 Å². The maximum absolute atomic E-state index is 11.1. The van der Waals surface area contributed by atoms with E-state index in [9.17, 15) is 4.79 Å². The molecule has 3 atom stereocenters.